The zero-order valence-electron chi connectivity index (χ0n) is 9.11. The topological polar surface area (TPSA) is 74.6 Å². The first kappa shape index (κ1) is 12.7. The van der Waals surface area contributed by atoms with Gasteiger partial charge in [0.25, 0.3) is 0 Å². The summed E-state index contributed by atoms with van der Waals surface area (Å²) in [5, 5.41) is 25.2. The predicted octanol–water partition coefficient (Wildman–Crippen LogP) is 2.86. The molecule has 2 N–H and O–H groups in total. The molecule has 1 aliphatic rings. The summed E-state index contributed by atoms with van der Waals surface area (Å²) in [6.07, 6.45) is 4.58. The molecule has 0 amide bonds. The van der Waals surface area contributed by atoms with E-state index in [1.807, 2.05) is 28.3 Å². The summed E-state index contributed by atoms with van der Waals surface area (Å²) < 4.78 is 0. The van der Waals surface area contributed by atoms with E-state index in [0.717, 1.165) is 11.0 Å². The molecule has 0 spiro atoms. The number of carboxylic acid groups (broad SMARTS) is 1. The monoisotopic (exact) mass is 282 g/mol. The van der Waals surface area contributed by atoms with Crippen molar-refractivity contribution in [3.63, 3.8) is 0 Å². The van der Waals surface area contributed by atoms with Crippen LogP contribution < -0.4 is 0 Å². The van der Waals surface area contributed by atoms with Gasteiger partial charge >= 0.3 is 5.97 Å². The van der Waals surface area contributed by atoms with Crippen LogP contribution in [0.4, 0.5) is 0 Å². The first-order valence-corrected chi connectivity index (χ1v) is 7.39. The van der Waals surface area contributed by atoms with Crippen molar-refractivity contribution < 1.29 is 19.8 Å². The van der Waals surface area contributed by atoms with Gasteiger partial charge in [-0.05, 0) is 10.8 Å². The van der Waals surface area contributed by atoms with Crippen molar-refractivity contribution in [2.24, 2.45) is 0 Å². The number of ketones is 1. The van der Waals surface area contributed by atoms with Crippen LogP contribution >= 0.6 is 22.2 Å². The van der Waals surface area contributed by atoms with E-state index in [1.165, 1.54) is 11.3 Å². The highest BCUT2D eigenvalue weighted by atomic mass is 32.2. The molecule has 0 radical (unpaired) electrons. The molecule has 1 aromatic heterocycles. The van der Waals surface area contributed by atoms with E-state index in [1.54, 1.807) is 5.38 Å². The Labute approximate surface area is 110 Å². The molecule has 18 heavy (non-hydrogen) atoms. The summed E-state index contributed by atoms with van der Waals surface area (Å²) in [6.45, 7) is 0. The molecule has 0 unspecified atom stereocenters. The Bertz CT molecular complexity index is 569. The molecule has 2 heterocycles. The minimum absolute atomic E-state index is 0.454. The van der Waals surface area contributed by atoms with Crippen LogP contribution in [0.25, 0.3) is 0 Å². The Morgan fingerprint density at radius 3 is 2.44 bits per heavy atom. The Hall–Kier alpha value is -1.79. The zero-order valence-corrected chi connectivity index (χ0v) is 10.8. The van der Waals surface area contributed by atoms with Gasteiger partial charge in [0, 0.05) is 27.3 Å². The molecule has 0 bridgehead atoms. The summed E-state index contributed by atoms with van der Waals surface area (Å²) in [7, 11) is -0.627. The summed E-state index contributed by atoms with van der Waals surface area (Å²) in [4.78, 5) is 23.2. The maximum atomic E-state index is 11.9. The Morgan fingerprint density at radius 1 is 1.17 bits per heavy atom. The van der Waals surface area contributed by atoms with Crippen molar-refractivity contribution >= 4 is 34.0 Å². The fourth-order valence-corrected chi connectivity index (χ4v) is 4.34. The number of aliphatic hydroxyl groups is 1. The van der Waals surface area contributed by atoms with Gasteiger partial charge in [0.05, 0.1) is 0 Å². The number of aliphatic hydroxyl groups excluding tert-OH is 1. The molecule has 0 atom stereocenters. The number of hydrogen-bond donors (Lipinski definition) is 3. The summed E-state index contributed by atoms with van der Waals surface area (Å²) in [5.74, 6) is -2.93. The molecular weight excluding hydrogens is 272 g/mol. The van der Waals surface area contributed by atoms with Crippen LogP contribution in [-0.4, -0.2) is 22.0 Å². The van der Waals surface area contributed by atoms with E-state index in [9.17, 15) is 9.59 Å². The molecule has 1 aromatic rings. The largest absolute Gasteiger partial charge is 0.502 e. The van der Waals surface area contributed by atoms with Crippen molar-refractivity contribution in [1.82, 2.24) is 0 Å². The second kappa shape index (κ2) is 5.24. The van der Waals surface area contributed by atoms with Crippen molar-refractivity contribution in [3.8, 4) is 0 Å². The van der Waals surface area contributed by atoms with Gasteiger partial charge < -0.3 is 10.2 Å². The summed E-state index contributed by atoms with van der Waals surface area (Å²) in [5.41, 5.74) is 0.454. The number of allylic oxidation sites excluding steroid dienone is 3. The molecule has 0 saturated heterocycles. The van der Waals surface area contributed by atoms with Crippen molar-refractivity contribution in [1.29, 1.82) is 0 Å². The van der Waals surface area contributed by atoms with Crippen LogP contribution in [0.5, 0.6) is 0 Å². The highest BCUT2D eigenvalue weighted by molar-refractivity contribution is 8.22. The SMILES string of the molecule is O=C(O)C(O)=CC(=O)c1cscc1[SH]1C=CC=C1. The third-order valence-electron chi connectivity index (χ3n) is 2.28. The standard InChI is InChI=1S/C12H10O4S2/c13-9(5-10(14)12(15)16)8-6-17-7-11(8)18-3-1-2-4-18/h1-7,14,18H,(H,15,16). The van der Waals surface area contributed by atoms with Crippen LogP contribution in [0, 0.1) is 0 Å². The Kier molecular flexibility index (Phi) is 3.69. The lowest BCUT2D eigenvalue weighted by Crippen LogP contribution is -2.04. The highest BCUT2D eigenvalue weighted by Gasteiger charge is 2.17. The maximum Gasteiger partial charge on any atom is 0.371 e. The number of hydrogen-bond acceptors (Lipinski definition) is 4. The number of carboxylic acids is 1. The molecule has 94 valence electrons. The third-order valence-corrected chi connectivity index (χ3v) is 5.11. The number of carbonyl (C=O) groups is 2. The van der Waals surface area contributed by atoms with E-state index >= 15 is 0 Å². The number of rotatable bonds is 4. The Balaban J connectivity index is 2.29. The van der Waals surface area contributed by atoms with Gasteiger partial charge in [0.15, 0.2) is 5.78 Å². The summed E-state index contributed by atoms with van der Waals surface area (Å²) in [6, 6.07) is 0. The van der Waals surface area contributed by atoms with E-state index in [-0.39, 0.29) is 0 Å². The minimum Gasteiger partial charge on any atom is -0.502 e. The fraction of sp³-hybridized carbons (Fsp3) is 0. The average molecular weight is 282 g/mol. The third kappa shape index (κ3) is 2.55. The number of carbonyl (C=O) groups excluding carboxylic acids is 1. The first-order chi connectivity index (χ1) is 8.59. The molecular formula is C12H10O4S2. The highest BCUT2D eigenvalue weighted by Crippen LogP contribution is 2.45. The van der Waals surface area contributed by atoms with E-state index in [2.05, 4.69) is 0 Å². The van der Waals surface area contributed by atoms with Gasteiger partial charge in [-0.15, -0.1) is 0 Å². The minimum atomic E-state index is -1.51. The lowest BCUT2D eigenvalue weighted by molar-refractivity contribution is -0.135. The predicted molar refractivity (Wildman–Crippen MR) is 72.5 cm³/mol. The lowest BCUT2D eigenvalue weighted by Gasteiger charge is -2.09. The first-order valence-electron chi connectivity index (χ1n) is 4.97. The number of thiol groups is 1. The fourth-order valence-electron chi connectivity index (χ4n) is 1.43. The maximum absolute atomic E-state index is 11.9. The molecule has 0 fully saturated rings. The normalized spacial score (nSPS) is 16.2. The van der Waals surface area contributed by atoms with E-state index in [4.69, 9.17) is 10.2 Å². The number of thiophene rings is 1. The average Bonchev–Trinajstić information content (AvgIpc) is 2.99. The number of aliphatic carboxylic acids is 1. The van der Waals surface area contributed by atoms with Crippen molar-refractivity contribution in [2.75, 3.05) is 0 Å². The molecule has 6 heteroatoms. The molecule has 0 saturated carbocycles. The van der Waals surface area contributed by atoms with Crippen LogP contribution in [0.3, 0.4) is 0 Å². The van der Waals surface area contributed by atoms with Crippen LogP contribution in [0.1, 0.15) is 10.4 Å². The molecule has 4 nitrogen and oxygen atoms in total. The van der Waals surface area contributed by atoms with Crippen molar-refractivity contribution in [2.45, 2.75) is 4.90 Å². The van der Waals surface area contributed by atoms with Gasteiger partial charge in [0.2, 0.25) is 5.76 Å². The van der Waals surface area contributed by atoms with Gasteiger partial charge in [-0.3, -0.25) is 4.79 Å². The summed E-state index contributed by atoms with van der Waals surface area (Å²) >= 11 is 1.39. The second-order valence-corrected chi connectivity index (χ2v) is 6.10. The quantitative estimate of drug-likeness (QED) is 0.343. The van der Waals surface area contributed by atoms with E-state index < -0.39 is 28.4 Å². The molecule has 0 aromatic carbocycles. The van der Waals surface area contributed by atoms with Gasteiger partial charge in [-0.2, -0.15) is 22.2 Å². The molecule has 0 aliphatic carbocycles. The molecule has 2 rings (SSSR count). The second-order valence-electron chi connectivity index (χ2n) is 3.46. The molecule has 1 aliphatic heterocycles. The zero-order chi connectivity index (χ0) is 13.1. The van der Waals surface area contributed by atoms with Gasteiger partial charge in [-0.25, -0.2) is 4.79 Å². The van der Waals surface area contributed by atoms with Crippen LogP contribution in [0.15, 0.2) is 50.5 Å². The van der Waals surface area contributed by atoms with Crippen LogP contribution in [-0.2, 0) is 4.79 Å². The van der Waals surface area contributed by atoms with Gasteiger partial charge in [0.1, 0.15) is 0 Å². The van der Waals surface area contributed by atoms with Crippen LogP contribution in [0.2, 0.25) is 0 Å². The smallest absolute Gasteiger partial charge is 0.371 e. The van der Waals surface area contributed by atoms with E-state index in [0.29, 0.717) is 5.56 Å². The van der Waals surface area contributed by atoms with Gasteiger partial charge in [-0.1, -0.05) is 12.2 Å². The Morgan fingerprint density at radius 2 is 1.83 bits per heavy atom. The lowest BCUT2D eigenvalue weighted by atomic mass is 10.2. The van der Waals surface area contributed by atoms with Crippen molar-refractivity contribution in [3.05, 3.63) is 51.1 Å².